The molecule has 22 heavy (non-hydrogen) atoms. The maximum Gasteiger partial charge on any atom is 0.258 e. The van der Waals surface area contributed by atoms with Gasteiger partial charge in [-0.25, -0.2) is 19.0 Å². The summed E-state index contributed by atoms with van der Waals surface area (Å²) in [7, 11) is 0. The quantitative estimate of drug-likeness (QED) is 0.806. The van der Waals surface area contributed by atoms with Crippen molar-refractivity contribution in [2.24, 2.45) is 0 Å². The Labute approximate surface area is 129 Å². The van der Waals surface area contributed by atoms with E-state index in [1.54, 1.807) is 18.3 Å². The topological polar surface area (TPSA) is 72.7 Å². The van der Waals surface area contributed by atoms with E-state index in [0.29, 0.717) is 11.5 Å². The third-order valence-electron chi connectivity index (χ3n) is 2.84. The van der Waals surface area contributed by atoms with Crippen LogP contribution < -0.4 is 5.32 Å². The number of nitrogens with zero attached hydrogens (tertiary/aromatic N) is 4. The van der Waals surface area contributed by atoms with E-state index >= 15 is 0 Å². The first-order chi connectivity index (χ1) is 10.6. The number of hydrogen-bond acceptors (Lipinski definition) is 4. The molecule has 0 fully saturated rings. The van der Waals surface area contributed by atoms with E-state index in [1.165, 1.54) is 29.5 Å². The van der Waals surface area contributed by atoms with Gasteiger partial charge < -0.3 is 5.32 Å². The number of rotatable bonds is 3. The minimum atomic E-state index is -0.659. The molecular formula is C14H9ClFN5O. The third kappa shape index (κ3) is 2.79. The Balaban J connectivity index is 1.94. The first-order valence-electron chi connectivity index (χ1n) is 6.21. The fourth-order valence-corrected chi connectivity index (χ4v) is 2.03. The summed E-state index contributed by atoms with van der Waals surface area (Å²) in [6.07, 6.45) is 4.33. The van der Waals surface area contributed by atoms with Crippen molar-refractivity contribution in [2.75, 3.05) is 5.32 Å². The van der Waals surface area contributed by atoms with Crippen LogP contribution in [0.25, 0.3) is 5.82 Å². The average molecular weight is 318 g/mol. The third-order valence-corrected chi connectivity index (χ3v) is 3.08. The predicted octanol–water partition coefficient (Wildman–Crippen LogP) is 2.71. The molecule has 8 heteroatoms. The van der Waals surface area contributed by atoms with Crippen LogP contribution in [0.1, 0.15) is 10.4 Å². The van der Waals surface area contributed by atoms with Crippen LogP contribution in [0.4, 0.5) is 10.1 Å². The fourth-order valence-electron chi connectivity index (χ4n) is 1.86. The summed E-state index contributed by atoms with van der Waals surface area (Å²) in [6.45, 7) is 0. The molecule has 0 aliphatic carbocycles. The number of amides is 1. The van der Waals surface area contributed by atoms with Gasteiger partial charge in [0.15, 0.2) is 5.82 Å². The van der Waals surface area contributed by atoms with Gasteiger partial charge in [0.05, 0.1) is 11.3 Å². The summed E-state index contributed by atoms with van der Waals surface area (Å²) in [6, 6.07) is 7.05. The molecule has 0 radical (unpaired) electrons. The van der Waals surface area contributed by atoms with Crippen molar-refractivity contribution in [3.63, 3.8) is 0 Å². The monoisotopic (exact) mass is 317 g/mol. The van der Waals surface area contributed by atoms with E-state index in [0.717, 1.165) is 6.07 Å². The Hall–Kier alpha value is -2.80. The van der Waals surface area contributed by atoms with Crippen LogP contribution in [0.15, 0.2) is 49.2 Å². The van der Waals surface area contributed by atoms with Gasteiger partial charge in [-0.15, -0.1) is 0 Å². The number of carbonyl (C=O) groups is 1. The first-order valence-corrected chi connectivity index (χ1v) is 6.59. The number of carbonyl (C=O) groups excluding carboxylic acids is 1. The molecule has 2 aromatic heterocycles. The molecule has 3 rings (SSSR count). The van der Waals surface area contributed by atoms with Crippen LogP contribution in [0.3, 0.4) is 0 Å². The van der Waals surface area contributed by atoms with Crippen LogP contribution >= 0.6 is 11.6 Å². The highest BCUT2D eigenvalue weighted by molar-refractivity contribution is 6.31. The molecule has 0 spiro atoms. The van der Waals surface area contributed by atoms with Crippen LogP contribution in [-0.4, -0.2) is 25.7 Å². The fraction of sp³-hybridized carbons (Fsp3) is 0. The van der Waals surface area contributed by atoms with Gasteiger partial charge in [-0.3, -0.25) is 4.79 Å². The summed E-state index contributed by atoms with van der Waals surface area (Å²) in [5.74, 6) is -0.918. The zero-order valence-corrected chi connectivity index (χ0v) is 11.8. The summed E-state index contributed by atoms with van der Waals surface area (Å²) >= 11 is 5.79. The second-order valence-corrected chi connectivity index (χ2v) is 4.73. The molecule has 3 aromatic rings. The number of nitrogens with one attached hydrogen (secondary N) is 1. The van der Waals surface area contributed by atoms with Crippen LogP contribution in [-0.2, 0) is 0 Å². The lowest BCUT2D eigenvalue weighted by molar-refractivity contribution is 0.102. The molecule has 0 saturated heterocycles. The van der Waals surface area contributed by atoms with Gasteiger partial charge in [0.2, 0.25) is 0 Å². The van der Waals surface area contributed by atoms with E-state index < -0.39 is 11.7 Å². The van der Waals surface area contributed by atoms with Crippen molar-refractivity contribution in [3.05, 3.63) is 65.6 Å². The molecule has 0 atom stereocenters. The number of benzene rings is 1. The van der Waals surface area contributed by atoms with Crippen molar-refractivity contribution in [3.8, 4) is 5.82 Å². The first kappa shape index (κ1) is 14.2. The number of hydrogen-bond donors (Lipinski definition) is 1. The molecule has 1 N–H and O–H groups in total. The smallest absolute Gasteiger partial charge is 0.258 e. The molecule has 0 unspecified atom stereocenters. The largest absolute Gasteiger partial charge is 0.319 e. The van der Waals surface area contributed by atoms with Gasteiger partial charge in [0, 0.05) is 11.2 Å². The number of pyridine rings is 1. The molecule has 0 bridgehead atoms. The second-order valence-electron chi connectivity index (χ2n) is 4.29. The number of halogens is 2. The van der Waals surface area contributed by atoms with Crippen LogP contribution in [0, 0.1) is 5.82 Å². The highest BCUT2D eigenvalue weighted by Gasteiger charge is 2.15. The lowest BCUT2D eigenvalue weighted by Gasteiger charge is -2.10. The van der Waals surface area contributed by atoms with E-state index in [4.69, 9.17) is 11.6 Å². The maximum atomic E-state index is 13.7. The average Bonchev–Trinajstić information content (AvgIpc) is 3.04. The zero-order valence-electron chi connectivity index (χ0n) is 11.1. The summed E-state index contributed by atoms with van der Waals surface area (Å²) in [5.41, 5.74) is 0.221. The molecule has 0 aliphatic rings. The molecule has 0 aliphatic heterocycles. The van der Waals surface area contributed by atoms with Gasteiger partial charge in [-0.1, -0.05) is 11.6 Å². The maximum absolute atomic E-state index is 13.7. The van der Waals surface area contributed by atoms with Gasteiger partial charge in [-0.2, -0.15) is 5.10 Å². The Morgan fingerprint density at radius 3 is 2.95 bits per heavy atom. The summed E-state index contributed by atoms with van der Waals surface area (Å²) < 4.78 is 15.1. The van der Waals surface area contributed by atoms with Crippen molar-refractivity contribution >= 4 is 23.2 Å². The van der Waals surface area contributed by atoms with Gasteiger partial charge >= 0.3 is 0 Å². The molecule has 6 nitrogen and oxygen atoms in total. The second kappa shape index (κ2) is 5.90. The molecule has 110 valence electrons. The summed E-state index contributed by atoms with van der Waals surface area (Å²) in [4.78, 5) is 20.2. The van der Waals surface area contributed by atoms with E-state index in [9.17, 15) is 9.18 Å². The Bertz CT molecular complexity index is 822. The predicted molar refractivity (Wildman–Crippen MR) is 78.5 cm³/mol. The Morgan fingerprint density at radius 1 is 1.32 bits per heavy atom. The molecule has 2 heterocycles. The van der Waals surface area contributed by atoms with Gasteiger partial charge in [0.25, 0.3) is 5.91 Å². The molecular weight excluding hydrogens is 309 g/mol. The highest BCUT2D eigenvalue weighted by atomic mass is 35.5. The highest BCUT2D eigenvalue weighted by Crippen LogP contribution is 2.19. The van der Waals surface area contributed by atoms with Crippen molar-refractivity contribution < 1.29 is 9.18 Å². The minimum Gasteiger partial charge on any atom is -0.319 e. The molecule has 1 aromatic carbocycles. The lowest BCUT2D eigenvalue weighted by atomic mass is 10.2. The molecule has 0 saturated carbocycles. The normalized spacial score (nSPS) is 10.5. The lowest BCUT2D eigenvalue weighted by Crippen LogP contribution is -2.16. The minimum absolute atomic E-state index is 0.152. The van der Waals surface area contributed by atoms with Gasteiger partial charge in [0.1, 0.15) is 18.5 Å². The van der Waals surface area contributed by atoms with E-state index in [2.05, 4.69) is 20.4 Å². The van der Waals surface area contributed by atoms with Crippen molar-refractivity contribution in [2.45, 2.75) is 0 Å². The van der Waals surface area contributed by atoms with E-state index in [1.807, 2.05) is 0 Å². The Morgan fingerprint density at radius 2 is 2.18 bits per heavy atom. The van der Waals surface area contributed by atoms with Crippen molar-refractivity contribution in [1.29, 1.82) is 0 Å². The van der Waals surface area contributed by atoms with E-state index in [-0.39, 0.29) is 10.6 Å². The number of aromatic nitrogens is 4. The molecule has 1 amide bonds. The van der Waals surface area contributed by atoms with Crippen molar-refractivity contribution in [1.82, 2.24) is 19.7 Å². The zero-order chi connectivity index (χ0) is 15.5. The SMILES string of the molecule is O=C(Nc1cccnc1-n1cncn1)c1cc(Cl)ccc1F. The van der Waals surface area contributed by atoms with Crippen LogP contribution in [0.5, 0.6) is 0 Å². The summed E-state index contributed by atoms with van der Waals surface area (Å²) in [5, 5.41) is 6.82. The Kier molecular flexibility index (Phi) is 3.80. The van der Waals surface area contributed by atoms with Gasteiger partial charge in [-0.05, 0) is 30.3 Å². The number of anilines is 1. The van der Waals surface area contributed by atoms with Crippen LogP contribution in [0.2, 0.25) is 5.02 Å². The standard InChI is InChI=1S/C14H9ClFN5O/c15-9-3-4-11(16)10(6-9)14(22)20-12-2-1-5-18-13(12)21-8-17-7-19-21/h1-8H,(H,20,22).